The lowest BCUT2D eigenvalue weighted by molar-refractivity contribution is -0.0189. The summed E-state index contributed by atoms with van der Waals surface area (Å²) < 4.78 is 29.1. The van der Waals surface area contributed by atoms with Gasteiger partial charge in [0.2, 0.25) is 0 Å². The lowest BCUT2D eigenvalue weighted by atomic mass is 9.90. The Labute approximate surface area is 219 Å². The molecule has 10 heteroatoms. The van der Waals surface area contributed by atoms with Gasteiger partial charge in [0.15, 0.2) is 11.6 Å². The van der Waals surface area contributed by atoms with Gasteiger partial charge in [-0.1, -0.05) is 11.2 Å². The number of rotatable bonds is 8. The number of benzene rings is 1. The first-order chi connectivity index (χ1) is 18.3. The van der Waals surface area contributed by atoms with Gasteiger partial charge in [-0.3, -0.25) is 9.88 Å². The predicted octanol–water partition coefficient (Wildman–Crippen LogP) is 4.32. The molecule has 0 unspecified atom stereocenters. The maximum atomic E-state index is 13.9. The van der Waals surface area contributed by atoms with Crippen molar-refractivity contribution in [2.45, 2.75) is 44.8 Å². The first-order valence-corrected chi connectivity index (χ1v) is 12.6. The highest BCUT2D eigenvalue weighted by Gasteiger charge is 2.24. The molecule has 1 aliphatic heterocycles. The van der Waals surface area contributed by atoms with Crippen molar-refractivity contribution >= 4 is 11.2 Å². The van der Waals surface area contributed by atoms with Gasteiger partial charge >= 0.3 is 0 Å². The molecule has 1 aromatic carbocycles. The number of halogens is 2. The van der Waals surface area contributed by atoms with Crippen LogP contribution in [0.15, 0.2) is 66.2 Å². The lowest BCUT2D eigenvalue weighted by Gasteiger charge is -2.31. The van der Waals surface area contributed by atoms with Gasteiger partial charge < -0.3 is 9.94 Å². The molecule has 0 saturated carbocycles. The quantitative estimate of drug-likeness (QED) is 0.275. The summed E-state index contributed by atoms with van der Waals surface area (Å²) in [5.74, 6) is -1.49. The zero-order valence-corrected chi connectivity index (χ0v) is 21.4. The third-order valence-electron chi connectivity index (χ3n) is 6.60. The van der Waals surface area contributed by atoms with Gasteiger partial charge in [-0.25, -0.2) is 8.78 Å². The summed E-state index contributed by atoms with van der Waals surface area (Å²) in [5.41, 5.74) is 3.28. The molecular weight excluding hydrogens is 490 g/mol. The molecule has 0 bridgehead atoms. The molecule has 38 heavy (non-hydrogen) atoms. The van der Waals surface area contributed by atoms with Gasteiger partial charge in [0, 0.05) is 30.1 Å². The van der Waals surface area contributed by atoms with Gasteiger partial charge in [0.05, 0.1) is 23.0 Å². The summed E-state index contributed by atoms with van der Waals surface area (Å²) in [5, 5.41) is 22.7. The number of hydrogen-bond donors (Lipinski definition) is 1. The van der Waals surface area contributed by atoms with Crippen LogP contribution in [0.1, 0.15) is 55.0 Å². The second-order valence-corrected chi connectivity index (χ2v) is 10.3. The molecule has 0 radical (unpaired) electrons. The molecular formula is C28H30F2N6O2. The summed E-state index contributed by atoms with van der Waals surface area (Å²) in [6.07, 6.45) is 7.51. The van der Waals surface area contributed by atoms with E-state index >= 15 is 0 Å². The minimum Gasteiger partial charge on any atom is -0.392 e. The molecule has 4 heterocycles. The number of pyridine rings is 1. The van der Waals surface area contributed by atoms with E-state index in [1.165, 1.54) is 11.6 Å². The molecule has 4 aromatic rings. The summed E-state index contributed by atoms with van der Waals surface area (Å²) in [7, 11) is 0. The van der Waals surface area contributed by atoms with Crippen molar-refractivity contribution in [3.63, 3.8) is 0 Å². The van der Waals surface area contributed by atoms with Crippen LogP contribution in [0.4, 0.5) is 8.78 Å². The highest BCUT2D eigenvalue weighted by Crippen LogP contribution is 2.31. The Morgan fingerprint density at radius 3 is 2.61 bits per heavy atom. The van der Waals surface area contributed by atoms with Crippen LogP contribution in [0.2, 0.25) is 0 Å². The maximum absolute atomic E-state index is 13.9. The Morgan fingerprint density at radius 1 is 1.08 bits per heavy atom. The molecule has 8 nitrogen and oxygen atoms in total. The topological polar surface area (TPSA) is 88.1 Å². The highest BCUT2D eigenvalue weighted by molar-refractivity contribution is 6.11. The van der Waals surface area contributed by atoms with Crippen LogP contribution in [0.3, 0.4) is 0 Å². The molecule has 1 aliphatic rings. The van der Waals surface area contributed by atoms with E-state index in [4.69, 9.17) is 4.84 Å². The van der Waals surface area contributed by atoms with E-state index in [0.29, 0.717) is 17.2 Å². The number of fused-ring (bicyclic) bond motifs is 1. The molecule has 0 aliphatic carbocycles. The Kier molecular flexibility index (Phi) is 7.44. The summed E-state index contributed by atoms with van der Waals surface area (Å²) >= 11 is 0. The molecule has 1 N–H and O–H groups in total. The average Bonchev–Trinajstić information content (AvgIpc) is 3.33. The van der Waals surface area contributed by atoms with Crippen LogP contribution in [0, 0.1) is 11.6 Å². The van der Waals surface area contributed by atoms with E-state index in [-0.39, 0.29) is 12.3 Å². The molecule has 0 spiro atoms. The Morgan fingerprint density at radius 2 is 1.89 bits per heavy atom. The second kappa shape index (κ2) is 10.9. The smallest absolute Gasteiger partial charge is 0.159 e. The van der Waals surface area contributed by atoms with Gasteiger partial charge in [-0.2, -0.15) is 14.8 Å². The van der Waals surface area contributed by atoms with Crippen LogP contribution >= 0.6 is 0 Å². The maximum Gasteiger partial charge on any atom is 0.159 e. The largest absolute Gasteiger partial charge is 0.392 e. The lowest BCUT2D eigenvalue weighted by Crippen LogP contribution is -2.32. The normalized spacial score (nSPS) is 15.8. The fraction of sp³-hybridized carbons (Fsp3) is 0.357. The van der Waals surface area contributed by atoms with Crippen molar-refractivity contribution in [3.05, 3.63) is 95.1 Å². The standard InChI is InChI=1S/C28H30F2N6O2/c1-28(2,37)18-38-34-27(21-6-7-23(29)24(30)14-21)25-8-5-19(15-31-25)17-35-12-9-20(10-13-35)22-16-33-36-26(22)4-3-11-32-36/h3-8,11,14-16,20,37H,9-10,12-13,17-18H2,1-2H3. The van der Waals surface area contributed by atoms with Gasteiger partial charge in [0.1, 0.15) is 12.3 Å². The Balaban J connectivity index is 1.26. The second-order valence-electron chi connectivity index (χ2n) is 10.3. The molecule has 1 fully saturated rings. The molecule has 5 rings (SSSR count). The van der Waals surface area contributed by atoms with Crippen LogP contribution in [0.5, 0.6) is 0 Å². The van der Waals surface area contributed by atoms with Crippen molar-refractivity contribution in [3.8, 4) is 0 Å². The molecule has 0 atom stereocenters. The highest BCUT2D eigenvalue weighted by atomic mass is 19.2. The van der Waals surface area contributed by atoms with Crippen molar-refractivity contribution in [2.75, 3.05) is 19.7 Å². The third-order valence-corrected chi connectivity index (χ3v) is 6.60. The van der Waals surface area contributed by atoms with Crippen LogP contribution < -0.4 is 0 Å². The van der Waals surface area contributed by atoms with Crippen molar-refractivity contribution in [1.29, 1.82) is 0 Å². The monoisotopic (exact) mass is 520 g/mol. The van der Waals surface area contributed by atoms with Gasteiger partial charge in [-0.15, -0.1) is 0 Å². The number of likely N-dealkylation sites (tertiary alicyclic amines) is 1. The minimum atomic E-state index is -1.10. The molecule has 198 valence electrons. The summed E-state index contributed by atoms with van der Waals surface area (Å²) in [4.78, 5) is 12.3. The fourth-order valence-corrected chi connectivity index (χ4v) is 4.63. The number of nitrogens with zero attached hydrogens (tertiary/aromatic N) is 6. The van der Waals surface area contributed by atoms with E-state index in [1.807, 2.05) is 18.3 Å². The van der Waals surface area contributed by atoms with Gasteiger partial charge in [0.25, 0.3) is 0 Å². The number of aromatic nitrogens is 4. The van der Waals surface area contributed by atoms with Gasteiger partial charge in [-0.05, 0) is 87.7 Å². The predicted molar refractivity (Wildman–Crippen MR) is 139 cm³/mol. The SMILES string of the molecule is CC(C)(O)CON=C(c1ccc(F)c(F)c1)c1ccc(CN2CCC(c3cnn4ncccc34)CC2)cn1. The number of oxime groups is 1. The molecule has 1 saturated heterocycles. The van der Waals surface area contributed by atoms with E-state index in [9.17, 15) is 13.9 Å². The molecule has 0 amide bonds. The summed E-state index contributed by atoms with van der Waals surface area (Å²) in [6.45, 7) is 5.77. The zero-order valence-electron chi connectivity index (χ0n) is 21.4. The van der Waals surface area contributed by atoms with E-state index < -0.39 is 17.2 Å². The Hall–Kier alpha value is -3.76. The number of piperidine rings is 1. The van der Waals surface area contributed by atoms with Crippen molar-refractivity contribution in [1.82, 2.24) is 24.7 Å². The van der Waals surface area contributed by atoms with Crippen LogP contribution in [-0.2, 0) is 11.4 Å². The van der Waals surface area contributed by atoms with E-state index in [1.54, 1.807) is 36.9 Å². The first kappa shape index (κ1) is 25.9. The van der Waals surface area contributed by atoms with E-state index in [0.717, 1.165) is 55.7 Å². The third kappa shape index (κ3) is 6.03. The summed E-state index contributed by atoms with van der Waals surface area (Å²) in [6, 6.07) is 11.3. The van der Waals surface area contributed by atoms with Crippen LogP contribution in [0.25, 0.3) is 5.52 Å². The number of aliphatic hydroxyl groups is 1. The molecule has 3 aromatic heterocycles. The first-order valence-electron chi connectivity index (χ1n) is 12.6. The van der Waals surface area contributed by atoms with E-state index in [2.05, 4.69) is 31.3 Å². The fourth-order valence-electron chi connectivity index (χ4n) is 4.63. The van der Waals surface area contributed by atoms with Crippen molar-refractivity contribution < 1.29 is 18.7 Å². The van der Waals surface area contributed by atoms with Crippen molar-refractivity contribution in [2.24, 2.45) is 5.16 Å². The number of hydrogen-bond acceptors (Lipinski definition) is 7. The minimum absolute atomic E-state index is 0.0694. The Bertz CT molecular complexity index is 1420. The average molecular weight is 521 g/mol. The zero-order chi connectivity index (χ0) is 26.7. The van der Waals surface area contributed by atoms with Crippen LogP contribution in [-0.4, -0.2) is 60.8 Å².